The van der Waals surface area contributed by atoms with Gasteiger partial charge in [-0.15, -0.1) is 0 Å². The van der Waals surface area contributed by atoms with Gasteiger partial charge in [0.05, 0.1) is 16.8 Å². The lowest BCUT2D eigenvalue weighted by Gasteiger charge is -2.48. The Labute approximate surface area is 230 Å². The SMILES string of the molecule is O=C1CCCc2cc(N3c4ccc(F)cc4C4(c5ccccc5Oc5ccccc54)c4cc(F)ccc43)ccc21. The largest absolute Gasteiger partial charge is 0.457 e. The topological polar surface area (TPSA) is 29.5 Å². The molecule has 0 N–H and O–H groups in total. The number of rotatable bonds is 1. The minimum absolute atomic E-state index is 0.158. The number of carbonyl (C=O) groups excluding carboxylic acids is 1. The minimum Gasteiger partial charge on any atom is -0.457 e. The first-order chi connectivity index (χ1) is 19.6. The van der Waals surface area contributed by atoms with Crippen LogP contribution in [0.2, 0.25) is 0 Å². The number of halogens is 2. The van der Waals surface area contributed by atoms with Gasteiger partial charge in [-0.2, -0.15) is 0 Å². The quantitative estimate of drug-likeness (QED) is 0.214. The van der Waals surface area contributed by atoms with Gasteiger partial charge in [-0.1, -0.05) is 36.4 Å². The van der Waals surface area contributed by atoms with E-state index in [0.29, 0.717) is 29.0 Å². The fraction of sp³-hybridized carbons (Fsp3) is 0.114. The molecule has 0 fully saturated rings. The number of nitrogens with zero attached hydrogens (tertiary/aromatic N) is 1. The summed E-state index contributed by atoms with van der Waals surface area (Å²) in [6.07, 6.45) is 2.19. The number of benzene rings is 5. The second-order valence-corrected chi connectivity index (χ2v) is 10.6. The number of ether oxygens (including phenoxy) is 1. The molecule has 2 aliphatic heterocycles. The van der Waals surface area contributed by atoms with Crippen molar-refractivity contribution in [3.05, 3.63) is 148 Å². The summed E-state index contributed by atoms with van der Waals surface area (Å²) < 4.78 is 36.9. The summed E-state index contributed by atoms with van der Waals surface area (Å²) >= 11 is 0. The summed E-state index contributed by atoms with van der Waals surface area (Å²) in [5, 5.41) is 0. The molecule has 0 unspecified atom stereocenters. The Kier molecular flexibility index (Phi) is 4.84. The van der Waals surface area contributed by atoms with Crippen LogP contribution in [-0.4, -0.2) is 5.78 Å². The van der Waals surface area contributed by atoms with Crippen LogP contribution < -0.4 is 9.64 Å². The van der Waals surface area contributed by atoms with E-state index >= 15 is 8.78 Å². The second-order valence-electron chi connectivity index (χ2n) is 10.6. The Morgan fingerprint density at radius 1 is 0.650 bits per heavy atom. The molecule has 0 amide bonds. The number of hydrogen-bond donors (Lipinski definition) is 0. The Hall–Kier alpha value is -4.77. The number of ketones is 1. The highest BCUT2D eigenvalue weighted by Crippen LogP contribution is 2.62. The van der Waals surface area contributed by atoms with Crippen molar-refractivity contribution >= 4 is 22.8 Å². The first kappa shape index (κ1) is 23.1. The number of Topliss-reactive ketones (excluding diaryl/α,β-unsaturated/α-hetero) is 1. The minimum atomic E-state index is -1.03. The van der Waals surface area contributed by atoms with Crippen LogP contribution in [-0.2, 0) is 11.8 Å². The van der Waals surface area contributed by atoms with E-state index in [1.54, 1.807) is 24.3 Å². The fourth-order valence-electron chi connectivity index (χ4n) is 6.91. The van der Waals surface area contributed by atoms with Gasteiger partial charge in [0.15, 0.2) is 5.78 Å². The Balaban J connectivity index is 1.50. The highest BCUT2D eigenvalue weighted by Gasteiger charge is 2.51. The molecule has 0 aromatic heterocycles. The zero-order valence-corrected chi connectivity index (χ0v) is 21.5. The number of anilines is 3. The summed E-state index contributed by atoms with van der Waals surface area (Å²) in [7, 11) is 0. The van der Waals surface area contributed by atoms with E-state index < -0.39 is 5.41 Å². The van der Waals surface area contributed by atoms with E-state index in [1.165, 1.54) is 12.1 Å². The van der Waals surface area contributed by atoms with E-state index in [2.05, 4.69) is 11.0 Å². The molecule has 5 aromatic carbocycles. The van der Waals surface area contributed by atoms with Gasteiger partial charge in [0.25, 0.3) is 0 Å². The van der Waals surface area contributed by atoms with Crippen molar-refractivity contribution in [2.24, 2.45) is 0 Å². The fourth-order valence-corrected chi connectivity index (χ4v) is 6.91. The molecule has 1 spiro atoms. The molecular weight excluding hydrogens is 504 g/mol. The van der Waals surface area contributed by atoms with Crippen LogP contribution in [0.5, 0.6) is 11.5 Å². The third kappa shape index (κ3) is 3.06. The summed E-state index contributed by atoms with van der Waals surface area (Å²) in [6.45, 7) is 0. The molecule has 2 heterocycles. The molecule has 0 saturated heterocycles. The molecule has 3 nitrogen and oxygen atoms in total. The maximum Gasteiger partial charge on any atom is 0.163 e. The molecule has 8 rings (SSSR count). The van der Waals surface area contributed by atoms with E-state index in [-0.39, 0.29) is 17.4 Å². The van der Waals surface area contributed by atoms with E-state index in [0.717, 1.165) is 52.2 Å². The van der Waals surface area contributed by atoms with Crippen LogP contribution in [0.3, 0.4) is 0 Å². The van der Waals surface area contributed by atoms with Gasteiger partial charge in [0.2, 0.25) is 0 Å². The lowest BCUT2D eigenvalue weighted by atomic mass is 9.61. The maximum absolute atomic E-state index is 15.3. The molecule has 0 saturated carbocycles. The lowest BCUT2D eigenvalue weighted by molar-refractivity contribution is 0.0972. The average Bonchev–Trinajstić information content (AvgIpc) is 2.97. The molecule has 1 aliphatic carbocycles. The summed E-state index contributed by atoms with van der Waals surface area (Å²) in [6, 6.07) is 31.0. The number of fused-ring (bicyclic) bond motifs is 9. The molecule has 0 bridgehead atoms. The monoisotopic (exact) mass is 527 g/mol. The first-order valence-electron chi connectivity index (χ1n) is 13.5. The van der Waals surface area contributed by atoms with E-state index in [1.807, 2.05) is 60.7 Å². The number of aryl methyl sites for hydroxylation is 1. The predicted molar refractivity (Wildman–Crippen MR) is 150 cm³/mol. The second kappa shape index (κ2) is 8.36. The van der Waals surface area contributed by atoms with Crippen LogP contribution in [0.1, 0.15) is 51.0 Å². The molecule has 5 heteroatoms. The van der Waals surface area contributed by atoms with E-state index in [9.17, 15) is 4.79 Å². The normalized spacial score (nSPS) is 15.8. The summed E-state index contributed by atoms with van der Waals surface area (Å²) in [5.74, 6) is 0.691. The third-order valence-electron chi connectivity index (χ3n) is 8.51. The van der Waals surface area contributed by atoms with Crippen LogP contribution in [0.25, 0.3) is 0 Å². The van der Waals surface area contributed by atoms with Crippen molar-refractivity contribution in [2.75, 3.05) is 4.90 Å². The molecule has 0 atom stereocenters. The van der Waals surface area contributed by atoms with Gasteiger partial charge >= 0.3 is 0 Å². The summed E-state index contributed by atoms with van der Waals surface area (Å²) in [4.78, 5) is 14.6. The van der Waals surface area contributed by atoms with Gasteiger partial charge in [-0.3, -0.25) is 4.79 Å². The Morgan fingerprint density at radius 3 is 1.88 bits per heavy atom. The Morgan fingerprint density at radius 2 is 1.25 bits per heavy atom. The molecule has 40 heavy (non-hydrogen) atoms. The zero-order chi connectivity index (χ0) is 27.0. The predicted octanol–water partition coefficient (Wildman–Crippen LogP) is 8.76. The van der Waals surface area contributed by atoms with Crippen molar-refractivity contribution in [1.82, 2.24) is 0 Å². The van der Waals surface area contributed by atoms with Gasteiger partial charge in [0, 0.05) is 28.8 Å². The van der Waals surface area contributed by atoms with Gasteiger partial charge in [0.1, 0.15) is 23.1 Å². The van der Waals surface area contributed by atoms with Crippen LogP contribution in [0, 0.1) is 11.6 Å². The van der Waals surface area contributed by atoms with Crippen LogP contribution >= 0.6 is 0 Å². The molecule has 5 aromatic rings. The van der Waals surface area contributed by atoms with Crippen molar-refractivity contribution in [2.45, 2.75) is 24.7 Å². The molecule has 194 valence electrons. The number of para-hydroxylation sites is 2. The first-order valence-corrected chi connectivity index (χ1v) is 13.5. The van der Waals surface area contributed by atoms with Crippen molar-refractivity contribution in [3.8, 4) is 11.5 Å². The lowest BCUT2D eigenvalue weighted by Crippen LogP contribution is -2.40. The molecular formula is C35H23F2NO2. The van der Waals surface area contributed by atoms with Crippen LogP contribution in [0.4, 0.5) is 25.8 Å². The van der Waals surface area contributed by atoms with Crippen molar-refractivity contribution in [1.29, 1.82) is 0 Å². The van der Waals surface area contributed by atoms with Gasteiger partial charge < -0.3 is 9.64 Å². The number of hydrogen-bond acceptors (Lipinski definition) is 3. The number of carbonyl (C=O) groups is 1. The van der Waals surface area contributed by atoms with E-state index in [4.69, 9.17) is 4.74 Å². The summed E-state index contributed by atoms with van der Waals surface area (Å²) in [5.41, 5.74) is 6.19. The third-order valence-corrected chi connectivity index (χ3v) is 8.51. The molecule has 3 aliphatic rings. The maximum atomic E-state index is 15.3. The van der Waals surface area contributed by atoms with Gasteiger partial charge in [-0.25, -0.2) is 8.78 Å². The standard InChI is InChI=1S/C35H23F2NO2/c36-22-12-16-30-28(19-22)35(26-7-1-3-10-33(26)40-34-11-4-2-8-27(34)35)29-20-23(37)13-17-31(29)38(30)24-14-15-25-21(18-24)6-5-9-32(25)39/h1-4,7-8,10-20H,5-6,9H2. The smallest absolute Gasteiger partial charge is 0.163 e. The Bertz CT molecular complexity index is 1780. The van der Waals surface area contributed by atoms with Crippen LogP contribution in [0.15, 0.2) is 103 Å². The highest BCUT2D eigenvalue weighted by atomic mass is 19.1. The van der Waals surface area contributed by atoms with Gasteiger partial charge in [-0.05, 0) is 96.3 Å². The highest BCUT2D eigenvalue weighted by molar-refractivity contribution is 5.99. The van der Waals surface area contributed by atoms with Crippen molar-refractivity contribution in [3.63, 3.8) is 0 Å². The zero-order valence-electron chi connectivity index (χ0n) is 21.5. The molecule has 0 radical (unpaired) electrons. The van der Waals surface area contributed by atoms with Crippen molar-refractivity contribution < 1.29 is 18.3 Å². The average molecular weight is 528 g/mol.